The molecule has 74 valence electrons. The molecule has 0 aliphatic rings. The van der Waals surface area contributed by atoms with Crippen LogP contribution in [0.5, 0.6) is 0 Å². The summed E-state index contributed by atoms with van der Waals surface area (Å²) in [7, 11) is 0. The molecule has 0 aromatic carbocycles. The quantitative estimate of drug-likeness (QED) is 0.511. The average Bonchev–Trinajstić information content (AvgIpc) is 2.14. The van der Waals surface area contributed by atoms with Crippen molar-refractivity contribution in [2.24, 2.45) is 0 Å². The second kappa shape index (κ2) is 6.44. The van der Waals surface area contributed by atoms with Crippen molar-refractivity contribution in [2.45, 2.75) is 19.8 Å². The fraction of sp³-hybridized carbons (Fsp3) is 0.273. The van der Waals surface area contributed by atoms with Crippen LogP contribution in [0.2, 0.25) is 0 Å². The minimum absolute atomic E-state index is 0. The molecule has 4 heteroatoms. The van der Waals surface area contributed by atoms with Crippen molar-refractivity contribution >= 4 is 12.0 Å². The van der Waals surface area contributed by atoms with Gasteiger partial charge < -0.3 is 9.90 Å². The van der Waals surface area contributed by atoms with Crippen molar-refractivity contribution in [3.8, 4) is 0 Å². The van der Waals surface area contributed by atoms with E-state index in [2.05, 4.69) is 11.6 Å². The number of aryl methyl sites for hydroxylation is 2. The van der Waals surface area contributed by atoms with Gasteiger partial charge in [-0.2, -0.15) is 0 Å². The molecule has 0 N–H and O–H groups in total. The fourth-order valence-corrected chi connectivity index (χ4v) is 1.24. The van der Waals surface area contributed by atoms with E-state index in [1.54, 1.807) is 6.08 Å². The van der Waals surface area contributed by atoms with Crippen LogP contribution in [0.1, 0.15) is 23.4 Å². The maximum Gasteiger partial charge on any atom is 1.00 e. The smallest absolute Gasteiger partial charge is 0.550 e. The van der Waals surface area contributed by atoms with E-state index < -0.39 is 5.97 Å². The Kier molecular flexibility index (Phi) is 5.99. The molecule has 0 bridgehead atoms. The van der Waals surface area contributed by atoms with Crippen molar-refractivity contribution in [1.82, 2.24) is 4.98 Å². The van der Waals surface area contributed by atoms with E-state index in [4.69, 9.17) is 0 Å². The van der Waals surface area contributed by atoms with Gasteiger partial charge in [0, 0.05) is 17.4 Å². The first-order valence-electron chi connectivity index (χ1n) is 4.41. The Labute approximate surface area is 101 Å². The fourth-order valence-electron chi connectivity index (χ4n) is 1.24. The standard InChI is InChI=1S/C11H13NO2.Li/c1-3-9-6-8(2)12-10(7-9)4-5-11(13)14;/h3,6-7H,1,4-5H2,2H3,(H,13,14);/q;+1/p-1. The van der Waals surface area contributed by atoms with Gasteiger partial charge in [0.25, 0.3) is 0 Å². The topological polar surface area (TPSA) is 53.0 Å². The molecule has 1 aromatic heterocycles. The minimum Gasteiger partial charge on any atom is -0.550 e. The summed E-state index contributed by atoms with van der Waals surface area (Å²) in [5.74, 6) is -1.05. The van der Waals surface area contributed by atoms with E-state index in [0.717, 1.165) is 17.0 Å². The molecule has 0 spiro atoms. The van der Waals surface area contributed by atoms with Crippen molar-refractivity contribution in [2.75, 3.05) is 0 Å². The molecule has 1 heterocycles. The molecule has 1 aromatic rings. The van der Waals surface area contributed by atoms with Crippen molar-refractivity contribution in [3.05, 3.63) is 35.7 Å². The van der Waals surface area contributed by atoms with Crippen LogP contribution < -0.4 is 24.0 Å². The zero-order valence-electron chi connectivity index (χ0n) is 9.12. The minimum atomic E-state index is -1.05. The Bertz CT molecular complexity index is 364. The van der Waals surface area contributed by atoms with E-state index in [9.17, 15) is 9.90 Å². The van der Waals surface area contributed by atoms with Crippen LogP contribution in [-0.4, -0.2) is 11.0 Å². The Morgan fingerprint density at radius 2 is 2.27 bits per heavy atom. The summed E-state index contributed by atoms with van der Waals surface area (Å²) in [5, 5.41) is 10.3. The molecule has 15 heavy (non-hydrogen) atoms. The van der Waals surface area contributed by atoms with Gasteiger partial charge in [0.2, 0.25) is 0 Å². The molecule has 0 radical (unpaired) electrons. The van der Waals surface area contributed by atoms with Crippen LogP contribution in [0.15, 0.2) is 18.7 Å². The molecule has 0 atom stereocenters. The number of carboxylic acid groups (broad SMARTS) is 1. The van der Waals surface area contributed by atoms with E-state index in [-0.39, 0.29) is 25.3 Å². The zero-order chi connectivity index (χ0) is 10.6. The summed E-state index contributed by atoms with van der Waals surface area (Å²) in [5.41, 5.74) is 2.60. The summed E-state index contributed by atoms with van der Waals surface area (Å²) in [6.07, 6.45) is 2.13. The molecule has 0 fully saturated rings. The Morgan fingerprint density at radius 3 is 2.80 bits per heavy atom. The van der Waals surface area contributed by atoms with E-state index in [1.165, 1.54) is 0 Å². The first-order valence-corrected chi connectivity index (χ1v) is 4.41. The van der Waals surface area contributed by atoms with Crippen LogP contribution >= 0.6 is 0 Å². The van der Waals surface area contributed by atoms with Gasteiger partial charge in [0.15, 0.2) is 0 Å². The number of nitrogens with zero attached hydrogens (tertiary/aromatic N) is 1. The maximum atomic E-state index is 10.3. The normalized spacial score (nSPS) is 9.13. The predicted molar refractivity (Wildman–Crippen MR) is 52.4 cm³/mol. The third-order valence-corrected chi connectivity index (χ3v) is 1.85. The number of hydrogen-bond donors (Lipinski definition) is 0. The molecule has 0 saturated carbocycles. The van der Waals surface area contributed by atoms with Gasteiger partial charge in [-0.25, -0.2) is 0 Å². The molecular weight excluding hydrogens is 185 g/mol. The molecular formula is C11H12LiNO2. The monoisotopic (exact) mass is 197 g/mol. The van der Waals surface area contributed by atoms with Gasteiger partial charge in [-0.05, 0) is 37.5 Å². The number of aromatic nitrogens is 1. The number of pyridine rings is 1. The van der Waals surface area contributed by atoms with Crippen LogP contribution in [0.25, 0.3) is 6.08 Å². The van der Waals surface area contributed by atoms with Crippen LogP contribution in [0.3, 0.4) is 0 Å². The SMILES string of the molecule is C=Cc1cc(C)nc(CCC(=O)[O-])c1.[Li+]. The second-order valence-corrected chi connectivity index (χ2v) is 3.11. The van der Waals surface area contributed by atoms with Gasteiger partial charge in [-0.1, -0.05) is 12.7 Å². The van der Waals surface area contributed by atoms with Gasteiger partial charge in [0.05, 0.1) is 0 Å². The van der Waals surface area contributed by atoms with Crippen molar-refractivity contribution in [3.63, 3.8) is 0 Å². The molecule has 0 unspecified atom stereocenters. The van der Waals surface area contributed by atoms with Crippen LogP contribution in [0, 0.1) is 6.92 Å². The number of carbonyl (C=O) groups excluding carboxylic acids is 1. The zero-order valence-corrected chi connectivity index (χ0v) is 9.12. The van der Waals surface area contributed by atoms with Gasteiger partial charge >= 0.3 is 18.9 Å². The van der Waals surface area contributed by atoms with E-state index >= 15 is 0 Å². The van der Waals surface area contributed by atoms with Gasteiger partial charge in [-0.15, -0.1) is 0 Å². The average molecular weight is 197 g/mol. The first-order chi connectivity index (χ1) is 6.61. The molecule has 3 nitrogen and oxygen atoms in total. The largest absolute Gasteiger partial charge is 1.00 e. The Morgan fingerprint density at radius 1 is 1.60 bits per heavy atom. The maximum absolute atomic E-state index is 10.3. The molecule has 1 rings (SSSR count). The molecule has 0 saturated heterocycles. The first kappa shape index (κ1) is 14.0. The van der Waals surface area contributed by atoms with Crippen LogP contribution in [0.4, 0.5) is 0 Å². The van der Waals surface area contributed by atoms with Crippen LogP contribution in [-0.2, 0) is 11.2 Å². The molecule has 0 amide bonds. The number of hydrogen-bond acceptors (Lipinski definition) is 3. The van der Waals surface area contributed by atoms with Gasteiger partial charge in [0.1, 0.15) is 0 Å². The molecule has 0 aliphatic carbocycles. The second-order valence-electron chi connectivity index (χ2n) is 3.11. The van der Waals surface area contributed by atoms with E-state index in [0.29, 0.717) is 6.42 Å². The third-order valence-electron chi connectivity index (χ3n) is 1.85. The van der Waals surface area contributed by atoms with Gasteiger partial charge in [-0.3, -0.25) is 4.98 Å². The number of aliphatic carboxylic acids is 1. The summed E-state index contributed by atoms with van der Waals surface area (Å²) >= 11 is 0. The Hall–Kier alpha value is -1.04. The summed E-state index contributed by atoms with van der Waals surface area (Å²) in [6.45, 7) is 5.52. The third kappa shape index (κ3) is 4.82. The summed E-state index contributed by atoms with van der Waals surface area (Å²) in [6, 6.07) is 3.73. The number of rotatable bonds is 4. The van der Waals surface area contributed by atoms with E-state index in [1.807, 2.05) is 19.1 Å². The summed E-state index contributed by atoms with van der Waals surface area (Å²) in [4.78, 5) is 14.5. The molecule has 0 aliphatic heterocycles. The number of carboxylic acids is 1. The summed E-state index contributed by atoms with van der Waals surface area (Å²) < 4.78 is 0. The predicted octanol–water partition coefficient (Wildman–Crippen LogP) is -2.28. The Balaban J connectivity index is 0.00000196. The number of carbonyl (C=O) groups is 1. The van der Waals surface area contributed by atoms with Crippen molar-refractivity contribution < 1.29 is 28.8 Å². The van der Waals surface area contributed by atoms with Crippen molar-refractivity contribution in [1.29, 1.82) is 0 Å².